The van der Waals surface area contributed by atoms with Crippen molar-refractivity contribution in [1.29, 1.82) is 0 Å². The van der Waals surface area contributed by atoms with Crippen LogP contribution in [-0.2, 0) is 27.8 Å². The summed E-state index contributed by atoms with van der Waals surface area (Å²) in [5, 5.41) is 7.78. The van der Waals surface area contributed by atoms with Gasteiger partial charge in [0.1, 0.15) is 0 Å². The van der Waals surface area contributed by atoms with E-state index in [1.807, 2.05) is 36.7 Å². The summed E-state index contributed by atoms with van der Waals surface area (Å²) < 4.78 is 24.5. The number of nitrogens with two attached hydrogens (primary N) is 1. The first kappa shape index (κ1) is 17.1. The summed E-state index contributed by atoms with van der Waals surface area (Å²) in [6.45, 7) is 4.13. The molecule has 6 nitrogen and oxygen atoms in total. The number of rotatable bonds is 5. The lowest BCUT2D eigenvalue weighted by atomic mass is 10.2. The van der Waals surface area contributed by atoms with Crippen molar-refractivity contribution < 1.29 is 17.8 Å². The van der Waals surface area contributed by atoms with Crippen molar-refractivity contribution in [3.05, 3.63) is 53.9 Å². The number of benzene rings is 1. The van der Waals surface area contributed by atoms with Gasteiger partial charge in [-0.25, -0.2) is 13.6 Å². The van der Waals surface area contributed by atoms with E-state index in [9.17, 15) is 13.2 Å². The van der Waals surface area contributed by atoms with Crippen LogP contribution in [0, 0.1) is 6.92 Å². The number of pyridine rings is 1. The van der Waals surface area contributed by atoms with Gasteiger partial charge >= 0.3 is 0 Å². The predicted molar refractivity (Wildman–Crippen MR) is 87.2 cm³/mol. The van der Waals surface area contributed by atoms with Crippen molar-refractivity contribution in [1.82, 2.24) is 0 Å². The molecule has 122 valence electrons. The minimum atomic E-state index is -3.79. The summed E-state index contributed by atoms with van der Waals surface area (Å²) in [4.78, 5) is 12.1. The van der Waals surface area contributed by atoms with Gasteiger partial charge in [0.2, 0.25) is 16.6 Å². The third kappa shape index (κ3) is 4.61. The molecule has 23 heavy (non-hydrogen) atoms. The maximum atomic E-state index is 12.2. The van der Waals surface area contributed by atoms with E-state index in [1.54, 1.807) is 6.07 Å². The van der Waals surface area contributed by atoms with Crippen molar-refractivity contribution in [2.24, 2.45) is 5.14 Å². The van der Waals surface area contributed by atoms with E-state index >= 15 is 0 Å². The molecule has 1 amide bonds. The summed E-state index contributed by atoms with van der Waals surface area (Å²) in [6.07, 6.45) is 2.83. The Hall–Kier alpha value is -2.25. The summed E-state index contributed by atoms with van der Waals surface area (Å²) in [6, 6.07) is 9.87. The van der Waals surface area contributed by atoms with Crippen LogP contribution in [0.25, 0.3) is 0 Å². The lowest BCUT2D eigenvalue weighted by Gasteiger charge is -2.06. The zero-order valence-corrected chi connectivity index (χ0v) is 13.9. The average molecular weight is 334 g/mol. The molecule has 0 bridgehead atoms. The topological polar surface area (TPSA) is 93.1 Å². The number of sulfonamides is 1. The Labute approximate surface area is 136 Å². The number of hydrogen-bond donors (Lipinski definition) is 2. The lowest BCUT2D eigenvalue weighted by Crippen LogP contribution is -2.43. The van der Waals surface area contributed by atoms with Gasteiger partial charge in [0.15, 0.2) is 11.9 Å². The molecule has 0 aliphatic heterocycles. The standard InChI is InChI=1S/C16H19N3O3S/c1-3-13-8-7-12(2)19(10-13)11-16(20)18-14-5-4-6-15(9-14)23(17,21)22/h4-10H,3,11H2,1-2H3,(H2-,17,18,20,21,22)/p+1. The zero-order chi connectivity index (χ0) is 17.0. The number of hydrogen-bond acceptors (Lipinski definition) is 3. The second-order valence-corrected chi connectivity index (χ2v) is 6.84. The molecule has 7 heteroatoms. The van der Waals surface area contributed by atoms with Crippen LogP contribution in [-0.4, -0.2) is 14.3 Å². The normalized spacial score (nSPS) is 11.3. The van der Waals surface area contributed by atoms with Crippen molar-refractivity contribution in [2.75, 3.05) is 5.32 Å². The number of nitrogens with zero attached hydrogens (tertiary/aromatic N) is 1. The van der Waals surface area contributed by atoms with Crippen LogP contribution in [0.15, 0.2) is 47.5 Å². The number of aromatic nitrogens is 1. The van der Waals surface area contributed by atoms with Gasteiger partial charge in [0.25, 0.3) is 5.91 Å². The zero-order valence-electron chi connectivity index (χ0n) is 13.1. The highest BCUT2D eigenvalue weighted by Crippen LogP contribution is 2.13. The van der Waals surface area contributed by atoms with Gasteiger partial charge in [0, 0.05) is 24.2 Å². The molecule has 0 saturated carbocycles. The van der Waals surface area contributed by atoms with Crippen LogP contribution < -0.4 is 15.0 Å². The fraction of sp³-hybridized carbons (Fsp3) is 0.250. The van der Waals surface area contributed by atoms with Gasteiger partial charge < -0.3 is 5.32 Å². The average Bonchev–Trinajstić information content (AvgIpc) is 2.49. The highest BCUT2D eigenvalue weighted by molar-refractivity contribution is 7.89. The maximum absolute atomic E-state index is 12.2. The lowest BCUT2D eigenvalue weighted by molar-refractivity contribution is -0.690. The molecule has 0 radical (unpaired) electrons. The molecule has 1 heterocycles. The van der Waals surface area contributed by atoms with E-state index in [4.69, 9.17) is 5.14 Å². The van der Waals surface area contributed by atoms with E-state index in [2.05, 4.69) is 5.32 Å². The molecule has 0 fully saturated rings. The molecule has 0 atom stereocenters. The van der Waals surface area contributed by atoms with Crippen molar-refractivity contribution in [3.63, 3.8) is 0 Å². The number of anilines is 1. The van der Waals surface area contributed by atoms with Crippen molar-refractivity contribution in [3.8, 4) is 0 Å². The smallest absolute Gasteiger partial charge is 0.290 e. The molecule has 3 N–H and O–H groups in total. The number of amides is 1. The summed E-state index contributed by atoms with van der Waals surface area (Å²) in [5.74, 6) is -0.238. The largest absolute Gasteiger partial charge is 0.321 e. The second-order valence-electron chi connectivity index (χ2n) is 5.28. The fourth-order valence-electron chi connectivity index (χ4n) is 2.15. The Morgan fingerprint density at radius 1 is 1.26 bits per heavy atom. The van der Waals surface area contributed by atoms with Crippen LogP contribution in [0.3, 0.4) is 0 Å². The molecule has 0 aliphatic carbocycles. The predicted octanol–water partition coefficient (Wildman–Crippen LogP) is 1.13. The summed E-state index contributed by atoms with van der Waals surface area (Å²) >= 11 is 0. The molecule has 1 aromatic heterocycles. The Morgan fingerprint density at radius 3 is 2.65 bits per heavy atom. The molecule has 2 rings (SSSR count). The first-order valence-electron chi connectivity index (χ1n) is 7.21. The number of aryl methyl sites for hydroxylation is 2. The van der Waals surface area contributed by atoms with Gasteiger partial charge in [0.05, 0.1) is 4.90 Å². The monoisotopic (exact) mass is 334 g/mol. The molecule has 1 aromatic carbocycles. The molecule has 2 aromatic rings. The number of carbonyl (C=O) groups is 1. The Morgan fingerprint density at radius 2 is 2.00 bits per heavy atom. The minimum absolute atomic E-state index is 0.0351. The van der Waals surface area contributed by atoms with Crippen LogP contribution in [0.1, 0.15) is 18.2 Å². The molecule has 0 unspecified atom stereocenters. The first-order valence-corrected chi connectivity index (χ1v) is 8.76. The van der Waals surface area contributed by atoms with E-state index in [1.165, 1.54) is 18.2 Å². The van der Waals surface area contributed by atoms with Gasteiger partial charge in [-0.1, -0.05) is 13.0 Å². The van der Waals surface area contributed by atoms with Gasteiger partial charge in [-0.2, -0.15) is 4.57 Å². The quantitative estimate of drug-likeness (QED) is 0.803. The minimum Gasteiger partial charge on any atom is -0.321 e. The molecular weight excluding hydrogens is 314 g/mol. The van der Waals surface area contributed by atoms with Crippen LogP contribution >= 0.6 is 0 Å². The molecule has 0 aliphatic rings. The third-order valence-electron chi connectivity index (χ3n) is 3.48. The Balaban J connectivity index is 2.14. The van der Waals surface area contributed by atoms with E-state index in [0.29, 0.717) is 5.69 Å². The van der Waals surface area contributed by atoms with Gasteiger partial charge in [-0.3, -0.25) is 4.79 Å². The Bertz CT molecular complexity index is 832. The highest BCUT2D eigenvalue weighted by atomic mass is 32.2. The molecular formula is C16H20N3O3S+. The van der Waals surface area contributed by atoms with Crippen molar-refractivity contribution >= 4 is 21.6 Å². The maximum Gasteiger partial charge on any atom is 0.290 e. The SMILES string of the molecule is CCc1ccc(C)[n+](CC(=O)Nc2cccc(S(N)(=O)=O)c2)c1. The Kier molecular flexibility index (Phi) is 5.12. The van der Waals surface area contributed by atoms with Crippen LogP contribution in [0.4, 0.5) is 5.69 Å². The molecule has 0 saturated heterocycles. The third-order valence-corrected chi connectivity index (χ3v) is 4.39. The van der Waals surface area contributed by atoms with Gasteiger partial charge in [-0.15, -0.1) is 0 Å². The van der Waals surface area contributed by atoms with Gasteiger partial charge in [-0.05, 0) is 30.7 Å². The molecule has 0 spiro atoms. The fourth-order valence-corrected chi connectivity index (χ4v) is 2.71. The summed E-state index contributed by atoms with van der Waals surface area (Å²) in [5.41, 5.74) is 2.50. The highest BCUT2D eigenvalue weighted by Gasteiger charge is 2.14. The van der Waals surface area contributed by atoms with Crippen molar-refractivity contribution in [2.45, 2.75) is 31.7 Å². The second kappa shape index (κ2) is 6.89. The number of primary sulfonamides is 1. The van der Waals surface area contributed by atoms with E-state index in [0.717, 1.165) is 17.7 Å². The number of nitrogens with one attached hydrogen (secondary N) is 1. The van der Waals surface area contributed by atoms with Crippen LogP contribution in [0.2, 0.25) is 0 Å². The summed E-state index contributed by atoms with van der Waals surface area (Å²) in [7, 11) is -3.79. The number of carbonyl (C=O) groups excluding carboxylic acids is 1. The van der Waals surface area contributed by atoms with Crippen LogP contribution in [0.5, 0.6) is 0 Å². The first-order chi connectivity index (χ1) is 10.8. The van der Waals surface area contributed by atoms with E-state index < -0.39 is 10.0 Å². The van der Waals surface area contributed by atoms with E-state index in [-0.39, 0.29) is 17.3 Å².